The minimum atomic E-state index is -1.86. The van der Waals surface area contributed by atoms with Crippen molar-refractivity contribution in [3.63, 3.8) is 0 Å². The number of H-pyrrole nitrogens is 1. The lowest BCUT2D eigenvalue weighted by Crippen LogP contribution is -2.49. The summed E-state index contributed by atoms with van der Waals surface area (Å²) in [5, 5.41) is 25.6. The van der Waals surface area contributed by atoms with Crippen molar-refractivity contribution in [3.05, 3.63) is 189 Å². The van der Waals surface area contributed by atoms with E-state index in [1.807, 2.05) is 78.9 Å². The van der Waals surface area contributed by atoms with Crippen LogP contribution >= 0.6 is 8.53 Å². The molecule has 0 amide bonds. The molecule has 2 aliphatic heterocycles. The average Bonchev–Trinajstić information content (AvgIpc) is 4.25. The Labute approximate surface area is 440 Å². The van der Waals surface area contributed by atoms with Crippen LogP contribution in [0.3, 0.4) is 0 Å². The quantitative estimate of drug-likeness (QED) is 0.0331. The molecule has 5 atom stereocenters. The summed E-state index contributed by atoms with van der Waals surface area (Å²) in [6.45, 7) is 8.64. The molecule has 388 valence electrons. The predicted molar refractivity (Wildman–Crippen MR) is 291 cm³/mol. The monoisotopic (exact) mass is 1040 g/mol. The van der Waals surface area contributed by atoms with E-state index in [1.165, 1.54) is 32.3 Å². The van der Waals surface area contributed by atoms with Gasteiger partial charge in [0, 0.05) is 18.3 Å². The van der Waals surface area contributed by atoms with Gasteiger partial charge in [-0.25, -0.2) is 14.1 Å². The normalized spacial score (nSPS) is 18.9. The van der Waals surface area contributed by atoms with Crippen molar-refractivity contribution in [1.29, 1.82) is 5.26 Å². The van der Waals surface area contributed by atoms with Gasteiger partial charge < -0.3 is 32.7 Å². The highest BCUT2D eigenvalue weighted by atomic mass is 31.2. The fourth-order valence-corrected chi connectivity index (χ4v) is 12.8. The molecule has 2 bridgehead atoms. The second-order valence-electron chi connectivity index (χ2n) is 19.9. The van der Waals surface area contributed by atoms with Crippen molar-refractivity contribution in [2.75, 3.05) is 34.0 Å². The first-order valence-electron chi connectivity index (χ1n) is 25.4. The molecule has 9 aromatic rings. The number of fused-ring (bicyclic) bond motifs is 2. The zero-order valence-corrected chi connectivity index (χ0v) is 44.0. The van der Waals surface area contributed by atoms with Crippen molar-refractivity contribution in [3.8, 4) is 28.8 Å². The summed E-state index contributed by atoms with van der Waals surface area (Å²) >= 11 is 0. The first kappa shape index (κ1) is 50.8. The zero-order chi connectivity index (χ0) is 52.7. The molecule has 76 heavy (non-hydrogen) atoms. The second-order valence-corrected chi connectivity index (χ2v) is 21.3. The average molecular weight is 1040 g/mol. The Balaban J connectivity index is 0.974. The van der Waals surface area contributed by atoms with Gasteiger partial charge in [-0.3, -0.25) is 14.3 Å². The number of hydrogen-bond donors (Lipinski definition) is 1. The Kier molecular flexibility index (Phi) is 14.0. The molecule has 4 heterocycles. The van der Waals surface area contributed by atoms with Crippen molar-refractivity contribution in [2.24, 2.45) is 0 Å². The number of methoxy groups -OCH3 is 2. The van der Waals surface area contributed by atoms with Gasteiger partial charge in [-0.2, -0.15) is 5.26 Å². The van der Waals surface area contributed by atoms with Crippen molar-refractivity contribution < 1.29 is 32.7 Å². The molecular formula is C59H58N7O9P. The summed E-state index contributed by atoms with van der Waals surface area (Å²) in [6, 6.07) is 46.8. The van der Waals surface area contributed by atoms with Gasteiger partial charge in [0.05, 0.1) is 64.8 Å². The lowest BCUT2D eigenvalue weighted by molar-refractivity contribution is -0.203. The summed E-state index contributed by atoms with van der Waals surface area (Å²) in [4.78, 5) is 30.6. The Morgan fingerprint density at radius 1 is 0.803 bits per heavy atom. The maximum absolute atomic E-state index is 14.2. The number of hydrogen-bond acceptors (Lipinski definition) is 13. The molecule has 0 spiro atoms. The van der Waals surface area contributed by atoms with Gasteiger partial charge in [-0.15, -0.1) is 5.10 Å². The van der Waals surface area contributed by atoms with Gasteiger partial charge in [0.15, 0.2) is 6.23 Å². The van der Waals surface area contributed by atoms with E-state index < -0.39 is 49.4 Å². The lowest BCUT2D eigenvalue weighted by Gasteiger charge is -2.41. The number of aromatic nitrogens is 5. The molecule has 2 aromatic heterocycles. The molecule has 1 N–H and O–H groups in total. The number of benzene rings is 7. The molecule has 16 nitrogen and oxygen atoms in total. The van der Waals surface area contributed by atoms with E-state index >= 15 is 0 Å². The van der Waals surface area contributed by atoms with Crippen molar-refractivity contribution in [1.82, 2.24) is 29.2 Å². The second kappa shape index (κ2) is 21.0. The Morgan fingerprint density at radius 3 is 2.01 bits per heavy atom. The molecule has 0 aliphatic carbocycles. The maximum atomic E-state index is 14.2. The Morgan fingerprint density at radius 2 is 1.41 bits per heavy atom. The van der Waals surface area contributed by atoms with Crippen LogP contribution in [0.15, 0.2) is 155 Å². The largest absolute Gasteiger partial charge is 0.497 e. The molecule has 2 saturated heterocycles. The van der Waals surface area contributed by atoms with Gasteiger partial charge in [0.2, 0.25) is 0 Å². The fourth-order valence-electron chi connectivity index (χ4n) is 11.0. The number of nitriles is 1. The third kappa shape index (κ3) is 9.21. The number of ether oxygens (including phenoxy) is 5. The van der Waals surface area contributed by atoms with E-state index in [4.69, 9.17) is 32.7 Å². The van der Waals surface area contributed by atoms with Crippen LogP contribution in [0.2, 0.25) is 0 Å². The summed E-state index contributed by atoms with van der Waals surface area (Å²) in [5.74, 6) is 1.34. The molecule has 2 fully saturated rings. The van der Waals surface area contributed by atoms with Crippen LogP contribution in [0, 0.1) is 11.3 Å². The van der Waals surface area contributed by atoms with E-state index in [9.17, 15) is 14.9 Å². The molecule has 11 rings (SSSR count). The van der Waals surface area contributed by atoms with Crippen LogP contribution in [0.1, 0.15) is 62.6 Å². The number of rotatable bonds is 20. The molecule has 0 saturated carbocycles. The van der Waals surface area contributed by atoms with Gasteiger partial charge >= 0.3 is 5.69 Å². The summed E-state index contributed by atoms with van der Waals surface area (Å²) in [7, 11) is 1.38. The highest BCUT2D eigenvalue weighted by Crippen LogP contribution is 2.56. The molecule has 17 heteroatoms. The van der Waals surface area contributed by atoms with Crippen LogP contribution in [-0.2, 0) is 35.4 Å². The van der Waals surface area contributed by atoms with Crippen LogP contribution in [0.4, 0.5) is 0 Å². The topological polar surface area (TPSA) is 177 Å². The predicted octanol–water partition coefficient (Wildman–Crippen LogP) is 10.1. The van der Waals surface area contributed by atoms with Crippen molar-refractivity contribution in [2.45, 2.75) is 82.4 Å². The minimum absolute atomic E-state index is 0.0165. The molecule has 1 unspecified atom stereocenters. The number of aromatic amines is 1. The van der Waals surface area contributed by atoms with E-state index in [0.29, 0.717) is 18.0 Å². The molecular weight excluding hydrogens is 982 g/mol. The summed E-state index contributed by atoms with van der Waals surface area (Å²) < 4.78 is 51.5. The van der Waals surface area contributed by atoms with E-state index in [-0.39, 0.29) is 49.6 Å². The third-order valence-electron chi connectivity index (χ3n) is 14.5. The maximum Gasteiger partial charge on any atom is 0.330 e. The van der Waals surface area contributed by atoms with Crippen LogP contribution in [-0.4, -0.2) is 93.1 Å². The van der Waals surface area contributed by atoms with Crippen molar-refractivity contribution >= 4 is 40.8 Å². The van der Waals surface area contributed by atoms with Gasteiger partial charge in [-0.05, 0) is 119 Å². The standard InChI is InChI=1S/C59H58N7O9P/c1-37(2)66(38(3)4)76(73-29-11-28-60)75-54-53-56(74-58(54,35-71-53)36-72-59(44-14-8-7-9-15-44,45-20-24-47(69-5)25-21-45)46-22-26-48(70-6)27-23-46)65-33-49(55(67)61-57(65)68)50-34-64(63-62-50)32-39-30-42-18-16-40-12-10-13-41-17-19-43(31-39)52(42)51(40)41/h7-10,12-27,30-31,33-34,37-38,53-54,56H,11,29,32,35-36H2,1-6H3,(H,61,67,68)/t53-,54+,56+,58-,76?/m0/s1. The van der Waals surface area contributed by atoms with Gasteiger partial charge in [0.25, 0.3) is 14.1 Å². The smallest absolute Gasteiger partial charge is 0.330 e. The van der Waals surface area contributed by atoms with Crippen LogP contribution < -0.4 is 20.7 Å². The van der Waals surface area contributed by atoms with E-state index in [0.717, 1.165) is 33.0 Å². The highest BCUT2D eigenvalue weighted by molar-refractivity contribution is 7.44. The minimum Gasteiger partial charge on any atom is -0.497 e. The SMILES string of the molecule is COc1ccc(C(OC[C@]23CO[C@H]([C@H](n4cc(-c5cn(Cc6cc7ccc8cccc9ccc(c6)c7c89)nn5)c(=O)[nH]c4=O)O2)[C@H]3OP(OCCC#N)N(C(C)C)C(C)C)(c2ccccc2)c2ccc(OC)cc2)cc1. The summed E-state index contributed by atoms with van der Waals surface area (Å²) in [6.07, 6.45) is 0.351. The van der Waals surface area contributed by atoms with E-state index in [2.05, 4.69) is 108 Å². The Bertz CT molecular complexity index is 3550. The lowest BCUT2D eigenvalue weighted by atomic mass is 9.79. The van der Waals surface area contributed by atoms with Crippen LogP contribution in [0.5, 0.6) is 11.5 Å². The first-order valence-corrected chi connectivity index (χ1v) is 26.5. The van der Waals surface area contributed by atoms with Gasteiger partial charge in [0.1, 0.15) is 40.6 Å². The third-order valence-corrected chi connectivity index (χ3v) is 16.6. The molecule has 2 aliphatic rings. The van der Waals surface area contributed by atoms with E-state index in [1.54, 1.807) is 25.1 Å². The molecule has 0 radical (unpaired) electrons. The first-order chi connectivity index (χ1) is 36.9. The molecule has 7 aromatic carbocycles. The number of nitrogens with one attached hydrogen (secondary N) is 1. The fraction of sp³-hybridized carbons (Fsp3) is 0.305. The number of nitrogens with zero attached hydrogens (tertiary/aromatic N) is 6. The highest BCUT2D eigenvalue weighted by Gasteiger charge is 2.65. The zero-order valence-electron chi connectivity index (χ0n) is 43.1. The van der Waals surface area contributed by atoms with Crippen LogP contribution in [0.25, 0.3) is 43.6 Å². The Hall–Kier alpha value is -7.32. The van der Waals surface area contributed by atoms with Gasteiger partial charge in [-0.1, -0.05) is 102 Å². The summed E-state index contributed by atoms with van der Waals surface area (Å²) in [5.41, 5.74) is -0.223.